The van der Waals surface area contributed by atoms with Crippen molar-refractivity contribution in [2.24, 2.45) is 16.8 Å². The number of hydrogen-bond donors (Lipinski definition) is 2. The Balaban J connectivity index is 6.71. The summed E-state index contributed by atoms with van der Waals surface area (Å²) in [6, 6.07) is -0.988. The number of primary amides is 1. The van der Waals surface area contributed by atoms with E-state index in [1.165, 1.54) is 13.8 Å². The van der Waals surface area contributed by atoms with Crippen LogP contribution in [0.1, 0.15) is 41.5 Å². The zero-order valence-corrected chi connectivity index (χ0v) is 18.0. The van der Waals surface area contributed by atoms with E-state index in [0.29, 0.717) is 0 Å². The zero-order chi connectivity index (χ0) is 22.0. The maximum absolute atomic E-state index is 13.6. The van der Waals surface area contributed by atoms with Crippen molar-refractivity contribution in [3.63, 3.8) is 0 Å². The first-order valence-corrected chi connectivity index (χ1v) is 10.4. The lowest BCUT2D eigenvalue weighted by atomic mass is 9.89. The van der Waals surface area contributed by atoms with Gasteiger partial charge in [-0.3, -0.25) is 14.2 Å². The number of carbonyl (C=O) groups is 3. The molecule has 0 spiro atoms. The second-order valence-corrected chi connectivity index (χ2v) is 8.06. The van der Waals surface area contributed by atoms with Crippen LogP contribution in [0.4, 0.5) is 4.79 Å². The molecule has 0 aliphatic heterocycles. The van der Waals surface area contributed by atoms with Crippen LogP contribution in [-0.4, -0.2) is 55.3 Å². The number of nitrogens with zero attached hydrogens (tertiary/aromatic N) is 1. The van der Waals surface area contributed by atoms with E-state index in [2.05, 4.69) is 5.10 Å². The second-order valence-electron chi connectivity index (χ2n) is 5.62. The molecule has 162 valence electrons. The molecular weight excluding hydrogens is 393 g/mol. The smallest absolute Gasteiger partial charge is 0.348 e. The Morgan fingerprint density at radius 2 is 1.54 bits per heavy atom. The van der Waals surface area contributed by atoms with Crippen LogP contribution < -0.4 is 11.2 Å². The van der Waals surface area contributed by atoms with E-state index in [9.17, 15) is 18.9 Å². The molecule has 0 aromatic heterocycles. The monoisotopic (exact) mass is 423 g/mol. The number of hydrogen-bond acceptors (Lipinski definition) is 9. The lowest BCUT2D eigenvalue weighted by Gasteiger charge is -2.38. The third-order valence-electron chi connectivity index (χ3n) is 3.70. The Hall–Kier alpha value is -1.97. The summed E-state index contributed by atoms with van der Waals surface area (Å²) in [5.74, 6) is -3.45. The van der Waals surface area contributed by atoms with Crippen molar-refractivity contribution in [3.8, 4) is 0 Å². The van der Waals surface area contributed by atoms with Crippen LogP contribution in [0.5, 0.6) is 0 Å². The number of hydrazone groups is 1. The number of nitrogens with two attached hydrogens (primary N) is 1. The van der Waals surface area contributed by atoms with E-state index in [-0.39, 0.29) is 32.1 Å². The first kappa shape index (κ1) is 26.0. The minimum atomic E-state index is -4.26. The molecule has 0 saturated heterocycles. The summed E-state index contributed by atoms with van der Waals surface area (Å²) in [7, 11) is -4.26. The summed E-state index contributed by atoms with van der Waals surface area (Å²) in [5, 5.41) is 1.59. The number of amides is 2. The molecule has 0 aliphatic rings. The standard InChI is InChI=1S/C16H30N3O8P/c1-7-24-13(20)12(11(5)18-19-15(17)22)16(6,14(21)25-8-2)28(23,26-9-3)27-10-4/h12H,7-10H2,1-6H3,(H3,17,19,22)/b18-11+. The number of urea groups is 1. The third kappa shape index (κ3) is 6.02. The number of nitrogens with one attached hydrogen (secondary N) is 1. The summed E-state index contributed by atoms with van der Waals surface area (Å²) in [6.45, 7) is 8.64. The Bertz CT molecular complexity index is 629. The fraction of sp³-hybridized carbons (Fsp3) is 0.750. The van der Waals surface area contributed by atoms with Crippen molar-refractivity contribution in [3.05, 3.63) is 0 Å². The molecular formula is C16H30N3O8P. The number of esters is 2. The molecule has 2 amide bonds. The molecule has 12 heteroatoms. The lowest BCUT2D eigenvalue weighted by molar-refractivity contribution is -0.156. The molecule has 28 heavy (non-hydrogen) atoms. The van der Waals surface area contributed by atoms with E-state index in [1.807, 2.05) is 5.43 Å². The topological polar surface area (TPSA) is 156 Å². The molecule has 0 saturated carbocycles. The second kappa shape index (κ2) is 11.8. The van der Waals surface area contributed by atoms with E-state index in [1.54, 1.807) is 27.7 Å². The summed E-state index contributed by atoms with van der Waals surface area (Å²) in [6.07, 6.45) is 0. The minimum Gasteiger partial charge on any atom is -0.465 e. The molecule has 0 bridgehead atoms. The molecule has 0 fully saturated rings. The van der Waals surface area contributed by atoms with Gasteiger partial charge in [-0.05, 0) is 41.5 Å². The minimum absolute atomic E-state index is 0.0155. The van der Waals surface area contributed by atoms with Gasteiger partial charge in [0.2, 0.25) is 0 Å². The number of ether oxygens (including phenoxy) is 2. The predicted molar refractivity (Wildman–Crippen MR) is 102 cm³/mol. The highest BCUT2D eigenvalue weighted by molar-refractivity contribution is 7.57. The highest BCUT2D eigenvalue weighted by atomic mass is 31.2. The first-order chi connectivity index (χ1) is 13.0. The van der Waals surface area contributed by atoms with Crippen molar-refractivity contribution in [2.45, 2.75) is 46.7 Å². The molecule has 0 aliphatic carbocycles. The Morgan fingerprint density at radius 3 is 1.93 bits per heavy atom. The molecule has 0 rings (SSSR count). The van der Waals surface area contributed by atoms with Gasteiger partial charge >= 0.3 is 25.6 Å². The van der Waals surface area contributed by atoms with E-state index < -0.39 is 36.6 Å². The van der Waals surface area contributed by atoms with Gasteiger partial charge in [0.1, 0.15) is 5.92 Å². The Kier molecular flexibility index (Phi) is 10.9. The van der Waals surface area contributed by atoms with Crippen molar-refractivity contribution >= 4 is 31.3 Å². The molecule has 2 atom stereocenters. The summed E-state index contributed by atoms with van der Waals surface area (Å²) < 4.78 is 34.5. The van der Waals surface area contributed by atoms with Gasteiger partial charge in [-0.25, -0.2) is 10.2 Å². The number of carbonyl (C=O) groups excluding carboxylic acids is 3. The van der Waals surface area contributed by atoms with E-state index in [4.69, 9.17) is 24.3 Å². The maximum Gasteiger partial charge on any atom is 0.348 e. The van der Waals surface area contributed by atoms with Gasteiger partial charge in [0.25, 0.3) is 0 Å². The quantitative estimate of drug-likeness (QED) is 0.208. The van der Waals surface area contributed by atoms with Crippen LogP contribution in [0, 0.1) is 5.92 Å². The van der Waals surface area contributed by atoms with Gasteiger partial charge in [-0.2, -0.15) is 5.10 Å². The summed E-state index contributed by atoms with van der Waals surface area (Å²) in [5.41, 5.74) is 6.89. The molecule has 0 heterocycles. The van der Waals surface area contributed by atoms with Gasteiger partial charge in [0.15, 0.2) is 5.16 Å². The van der Waals surface area contributed by atoms with E-state index >= 15 is 0 Å². The summed E-state index contributed by atoms with van der Waals surface area (Å²) in [4.78, 5) is 36.7. The normalized spacial score (nSPS) is 15.3. The Labute approximate surface area is 164 Å². The van der Waals surface area contributed by atoms with Gasteiger partial charge in [0.05, 0.1) is 32.1 Å². The largest absolute Gasteiger partial charge is 0.465 e. The van der Waals surface area contributed by atoms with Gasteiger partial charge in [0, 0.05) is 0 Å². The van der Waals surface area contributed by atoms with Crippen molar-refractivity contribution in [2.75, 3.05) is 26.4 Å². The van der Waals surface area contributed by atoms with Crippen LogP contribution in [0.2, 0.25) is 0 Å². The fourth-order valence-corrected chi connectivity index (χ4v) is 4.74. The molecule has 2 unspecified atom stereocenters. The first-order valence-electron chi connectivity index (χ1n) is 8.88. The van der Waals surface area contributed by atoms with Crippen LogP contribution >= 0.6 is 7.60 Å². The van der Waals surface area contributed by atoms with Crippen LogP contribution in [0.15, 0.2) is 5.10 Å². The third-order valence-corrected chi connectivity index (χ3v) is 6.48. The SMILES string of the molecule is CCOC(=O)C(/C(C)=N/NC(N)=O)C(C)(C(=O)OCC)P(=O)(OCC)OCC. The predicted octanol–water partition coefficient (Wildman–Crippen LogP) is 1.80. The van der Waals surface area contributed by atoms with Crippen molar-refractivity contribution in [1.82, 2.24) is 5.43 Å². The molecule has 0 aromatic carbocycles. The van der Waals surface area contributed by atoms with Gasteiger partial charge < -0.3 is 24.3 Å². The number of rotatable bonds is 12. The fourth-order valence-electron chi connectivity index (χ4n) is 2.55. The Morgan fingerprint density at radius 1 is 1.04 bits per heavy atom. The van der Waals surface area contributed by atoms with Crippen LogP contribution in [0.25, 0.3) is 0 Å². The van der Waals surface area contributed by atoms with Crippen molar-refractivity contribution in [1.29, 1.82) is 0 Å². The van der Waals surface area contributed by atoms with Gasteiger partial charge in [-0.15, -0.1) is 0 Å². The van der Waals surface area contributed by atoms with Crippen molar-refractivity contribution < 1.29 is 37.5 Å². The zero-order valence-electron chi connectivity index (χ0n) is 17.1. The highest BCUT2D eigenvalue weighted by Crippen LogP contribution is 2.63. The van der Waals surface area contributed by atoms with Crippen LogP contribution in [-0.2, 0) is 32.7 Å². The molecule has 0 aromatic rings. The highest BCUT2D eigenvalue weighted by Gasteiger charge is 2.63. The molecule has 11 nitrogen and oxygen atoms in total. The molecule has 0 radical (unpaired) electrons. The summed E-state index contributed by atoms with van der Waals surface area (Å²) >= 11 is 0. The van der Waals surface area contributed by atoms with E-state index in [0.717, 1.165) is 0 Å². The maximum atomic E-state index is 13.6. The lowest BCUT2D eigenvalue weighted by Crippen LogP contribution is -2.52. The van der Waals surface area contributed by atoms with Crippen LogP contribution in [0.3, 0.4) is 0 Å². The average Bonchev–Trinajstić information content (AvgIpc) is 2.60. The average molecular weight is 423 g/mol. The van der Waals surface area contributed by atoms with Gasteiger partial charge in [-0.1, -0.05) is 0 Å². The molecule has 3 N–H and O–H groups in total.